The summed E-state index contributed by atoms with van der Waals surface area (Å²) in [6.45, 7) is 5.99. The molecular weight excluding hydrogens is 348 g/mol. The van der Waals surface area contributed by atoms with Crippen LogP contribution in [0.3, 0.4) is 0 Å². The number of hydrogen-bond acceptors (Lipinski definition) is 3. The third-order valence-electron chi connectivity index (χ3n) is 4.41. The number of rotatable bonds is 2. The highest BCUT2D eigenvalue weighted by molar-refractivity contribution is 6.31. The molecule has 1 amide bonds. The van der Waals surface area contributed by atoms with E-state index in [0.717, 1.165) is 38.7 Å². The lowest BCUT2D eigenvalue weighted by Gasteiger charge is -2.11. The van der Waals surface area contributed by atoms with Crippen molar-refractivity contribution < 1.29 is 9.21 Å². The average Bonchev–Trinajstić information content (AvgIpc) is 2.98. The van der Waals surface area contributed by atoms with Gasteiger partial charge in [0.15, 0.2) is 5.76 Å². The summed E-state index contributed by atoms with van der Waals surface area (Å²) in [5, 5.41) is 5.29. The molecule has 0 atom stereocenters. The molecular formula is C21H17ClN2O2. The van der Waals surface area contributed by atoms with E-state index in [4.69, 9.17) is 16.0 Å². The molecule has 26 heavy (non-hydrogen) atoms. The first kappa shape index (κ1) is 16.6. The van der Waals surface area contributed by atoms with Crippen LogP contribution in [0.4, 0.5) is 5.69 Å². The zero-order valence-electron chi connectivity index (χ0n) is 14.7. The van der Waals surface area contributed by atoms with Gasteiger partial charge in [-0.15, -0.1) is 0 Å². The maximum absolute atomic E-state index is 12.7. The van der Waals surface area contributed by atoms with E-state index < -0.39 is 0 Å². The fourth-order valence-electron chi connectivity index (χ4n) is 3.26. The Morgan fingerprint density at radius 2 is 1.73 bits per heavy atom. The lowest BCUT2D eigenvalue weighted by atomic mass is 10.1. The number of aryl methyl sites for hydroxylation is 3. The molecule has 5 heteroatoms. The van der Waals surface area contributed by atoms with Crippen molar-refractivity contribution in [2.75, 3.05) is 5.32 Å². The van der Waals surface area contributed by atoms with E-state index in [2.05, 4.69) is 10.3 Å². The molecule has 0 aliphatic heterocycles. The first-order chi connectivity index (χ1) is 12.4. The van der Waals surface area contributed by atoms with Crippen LogP contribution in [-0.2, 0) is 0 Å². The van der Waals surface area contributed by atoms with Gasteiger partial charge in [-0.2, -0.15) is 0 Å². The molecule has 4 rings (SSSR count). The first-order valence-electron chi connectivity index (χ1n) is 8.30. The number of carbonyl (C=O) groups is 1. The summed E-state index contributed by atoms with van der Waals surface area (Å²) < 4.78 is 5.69. The summed E-state index contributed by atoms with van der Waals surface area (Å²) in [6, 6.07) is 13.2. The molecule has 130 valence electrons. The van der Waals surface area contributed by atoms with Gasteiger partial charge in [0.25, 0.3) is 5.91 Å². The second kappa shape index (κ2) is 6.15. The highest BCUT2D eigenvalue weighted by Gasteiger charge is 2.16. The minimum absolute atomic E-state index is 0.230. The van der Waals surface area contributed by atoms with Crippen molar-refractivity contribution in [3.63, 3.8) is 0 Å². The lowest BCUT2D eigenvalue weighted by molar-refractivity contribution is 0.0998. The van der Waals surface area contributed by atoms with Crippen LogP contribution in [0.25, 0.3) is 22.0 Å². The molecule has 0 saturated carbocycles. The fraction of sp³-hybridized carbons (Fsp3) is 0.143. The van der Waals surface area contributed by atoms with Crippen molar-refractivity contribution in [3.05, 3.63) is 69.9 Å². The van der Waals surface area contributed by atoms with Gasteiger partial charge in [-0.3, -0.25) is 4.79 Å². The molecule has 2 heterocycles. The van der Waals surface area contributed by atoms with Crippen LogP contribution in [0.5, 0.6) is 0 Å². The Bertz CT molecular complexity index is 1150. The monoisotopic (exact) mass is 364 g/mol. The molecule has 0 unspecified atom stereocenters. The standard InChI is InChI=1S/C21H17ClN2O2/c1-11-6-12(2)19(13(3)7-11)24-20(25)18-9-15-8-14-4-5-16(22)10-17(14)23-21(15)26-18/h4-10H,1-3H3,(H,24,25). The van der Waals surface area contributed by atoms with Gasteiger partial charge in [0.05, 0.1) is 5.52 Å². The number of carbonyl (C=O) groups excluding carboxylic acids is 1. The van der Waals surface area contributed by atoms with Crippen LogP contribution in [0.1, 0.15) is 27.2 Å². The van der Waals surface area contributed by atoms with Crippen LogP contribution in [0.15, 0.2) is 46.9 Å². The Labute approximate surface area is 155 Å². The topological polar surface area (TPSA) is 55.1 Å². The van der Waals surface area contributed by atoms with Gasteiger partial charge in [0.2, 0.25) is 5.71 Å². The third kappa shape index (κ3) is 2.93. The smallest absolute Gasteiger partial charge is 0.291 e. The van der Waals surface area contributed by atoms with E-state index in [9.17, 15) is 4.79 Å². The van der Waals surface area contributed by atoms with Gasteiger partial charge in [-0.05, 0) is 56.2 Å². The first-order valence-corrected chi connectivity index (χ1v) is 8.67. The molecule has 0 fully saturated rings. The number of pyridine rings is 1. The number of fused-ring (bicyclic) bond motifs is 2. The summed E-state index contributed by atoms with van der Waals surface area (Å²) in [7, 11) is 0. The third-order valence-corrected chi connectivity index (χ3v) is 4.64. The normalized spacial score (nSPS) is 11.2. The van der Waals surface area contributed by atoms with Crippen molar-refractivity contribution in [2.24, 2.45) is 0 Å². The minimum atomic E-state index is -0.292. The minimum Gasteiger partial charge on any atom is -0.433 e. The van der Waals surface area contributed by atoms with Gasteiger partial charge < -0.3 is 9.73 Å². The van der Waals surface area contributed by atoms with Gasteiger partial charge in [-0.1, -0.05) is 35.4 Å². The molecule has 0 aliphatic carbocycles. The van der Waals surface area contributed by atoms with Gasteiger partial charge in [0, 0.05) is 21.5 Å². The van der Waals surface area contributed by atoms with E-state index in [-0.39, 0.29) is 11.7 Å². The van der Waals surface area contributed by atoms with Gasteiger partial charge in [0.1, 0.15) is 0 Å². The van der Waals surface area contributed by atoms with E-state index >= 15 is 0 Å². The van der Waals surface area contributed by atoms with E-state index in [1.165, 1.54) is 0 Å². The Kier molecular flexibility index (Phi) is 3.93. The summed E-state index contributed by atoms with van der Waals surface area (Å²) in [5.74, 6) is -0.0616. The van der Waals surface area contributed by atoms with E-state index in [0.29, 0.717) is 10.7 Å². The molecule has 0 aliphatic rings. The summed E-state index contributed by atoms with van der Waals surface area (Å²) in [6.07, 6.45) is 0. The van der Waals surface area contributed by atoms with Crippen LogP contribution >= 0.6 is 11.6 Å². The number of furan rings is 1. The molecule has 0 radical (unpaired) electrons. The highest BCUT2D eigenvalue weighted by atomic mass is 35.5. The molecule has 4 nitrogen and oxygen atoms in total. The largest absolute Gasteiger partial charge is 0.433 e. The summed E-state index contributed by atoms with van der Waals surface area (Å²) in [4.78, 5) is 17.1. The number of benzene rings is 2. The molecule has 4 aromatic rings. The fourth-order valence-corrected chi connectivity index (χ4v) is 3.43. The summed E-state index contributed by atoms with van der Waals surface area (Å²) in [5.41, 5.74) is 5.16. The Morgan fingerprint density at radius 1 is 1.00 bits per heavy atom. The van der Waals surface area contributed by atoms with E-state index in [1.54, 1.807) is 12.1 Å². The molecule has 0 bridgehead atoms. The highest BCUT2D eigenvalue weighted by Crippen LogP contribution is 2.27. The van der Waals surface area contributed by atoms with Crippen LogP contribution < -0.4 is 5.32 Å². The zero-order chi connectivity index (χ0) is 18.4. The average molecular weight is 365 g/mol. The Balaban J connectivity index is 1.72. The number of hydrogen-bond donors (Lipinski definition) is 1. The number of nitrogens with zero attached hydrogens (tertiary/aromatic N) is 1. The Hall–Kier alpha value is -2.85. The van der Waals surface area contributed by atoms with Crippen LogP contribution in [-0.4, -0.2) is 10.9 Å². The maximum atomic E-state index is 12.7. The number of aromatic nitrogens is 1. The van der Waals surface area contributed by atoms with Gasteiger partial charge in [-0.25, -0.2) is 4.98 Å². The van der Waals surface area contributed by atoms with Gasteiger partial charge >= 0.3 is 0 Å². The number of halogens is 1. The predicted molar refractivity (Wildman–Crippen MR) is 105 cm³/mol. The van der Waals surface area contributed by atoms with Crippen molar-refractivity contribution in [2.45, 2.75) is 20.8 Å². The number of nitrogens with one attached hydrogen (secondary N) is 1. The SMILES string of the molecule is Cc1cc(C)c(NC(=O)c2cc3cc4ccc(Cl)cc4nc3o2)c(C)c1. The molecule has 0 spiro atoms. The summed E-state index contributed by atoms with van der Waals surface area (Å²) >= 11 is 6.02. The van der Waals surface area contributed by atoms with Crippen molar-refractivity contribution in [1.82, 2.24) is 4.98 Å². The predicted octanol–water partition coefficient (Wildman–Crippen LogP) is 5.81. The van der Waals surface area contributed by atoms with Crippen molar-refractivity contribution in [1.29, 1.82) is 0 Å². The van der Waals surface area contributed by atoms with E-state index in [1.807, 2.05) is 51.1 Å². The van der Waals surface area contributed by atoms with Crippen molar-refractivity contribution in [3.8, 4) is 0 Å². The second-order valence-corrected chi connectivity index (χ2v) is 6.99. The maximum Gasteiger partial charge on any atom is 0.291 e. The van der Waals surface area contributed by atoms with Crippen molar-refractivity contribution >= 4 is 45.2 Å². The molecule has 0 saturated heterocycles. The zero-order valence-corrected chi connectivity index (χ0v) is 15.4. The van der Waals surface area contributed by atoms with Crippen LogP contribution in [0.2, 0.25) is 5.02 Å². The number of amides is 1. The molecule has 2 aromatic carbocycles. The molecule has 1 N–H and O–H groups in total. The lowest BCUT2D eigenvalue weighted by Crippen LogP contribution is -2.13. The second-order valence-electron chi connectivity index (χ2n) is 6.56. The molecule has 2 aromatic heterocycles. The number of anilines is 1. The quantitative estimate of drug-likeness (QED) is 0.488. The van der Waals surface area contributed by atoms with Crippen LogP contribution in [0, 0.1) is 20.8 Å². The Morgan fingerprint density at radius 3 is 2.46 bits per heavy atom.